The molecule has 0 amide bonds. The maximum atomic E-state index is 4.18. The lowest BCUT2D eigenvalue weighted by molar-refractivity contribution is 0.373. The van der Waals surface area contributed by atoms with Crippen molar-refractivity contribution in [3.8, 4) is 0 Å². The van der Waals surface area contributed by atoms with Gasteiger partial charge in [-0.1, -0.05) is 25.3 Å². The topological polar surface area (TPSA) is 42.2 Å². The van der Waals surface area contributed by atoms with Crippen LogP contribution in [0, 0.1) is 5.92 Å². The Morgan fingerprint density at radius 2 is 2.06 bits per heavy atom. The van der Waals surface area contributed by atoms with Crippen molar-refractivity contribution in [1.29, 1.82) is 0 Å². The second-order valence-electron chi connectivity index (χ2n) is 4.84. The summed E-state index contributed by atoms with van der Waals surface area (Å²) < 4.78 is 2.00. The van der Waals surface area contributed by atoms with Gasteiger partial charge in [0, 0.05) is 12.7 Å². The van der Waals surface area contributed by atoms with E-state index in [1.165, 1.54) is 32.1 Å². The first-order valence-corrected chi connectivity index (χ1v) is 6.47. The number of hydrogen-bond donors (Lipinski definition) is 1. The predicted molar refractivity (Wildman–Crippen MR) is 68.1 cm³/mol. The maximum Gasteiger partial charge on any atom is 0.229 e. The molecule has 4 nitrogen and oxygen atoms in total. The van der Waals surface area contributed by atoms with Crippen LogP contribution in [0.4, 0.5) is 5.95 Å². The highest BCUT2D eigenvalue weighted by molar-refractivity contribution is 5.44. The molecule has 1 saturated carbocycles. The van der Waals surface area contributed by atoms with E-state index in [0.29, 0.717) is 0 Å². The maximum absolute atomic E-state index is 4.18. The summed E-state index contributed by atoms with van der Waals surface area (Å²) in [5.41, 5.74) is 0.902. The highest BCUT2D eigenvalue weighted by atomic mass is 15.3. The molecule has 0 aliphatic heterocycles. The van der Waals surface area contributed by atoms with E-state index in [4.69, 9.17) is 0 Å². The molecule has 0 spiro atoms. The van der Waals surface area contributed by atoms with Crippen LogP contribution in [-0.2, 0) is 0 Å². The van der Waals surface area contributed by atoms with E-state index in [0.717, 1.165) is 24.1 Å². The van der Waals surface area contributed by atoms with Crippen molar-refractivity contribution in [2.24, 2.45) is 5.92 Å². The Hall–Kier alpha value is -1.58. The Labute approximate surface area is 101 Å². The van der Waals surface area contributed by atoms with Crippen molar-refractivity contribution in [2.45, 2.75) is 32.1 Å². The molecule has 0 saturated heterocycles. The smallest absolute Gasteiger partial charge is 0.229 e. The van der Waals surface area contributed by atoms with E-state index in [2.05, 4.69) is 15.5 Å². The molecule has 0 atom stereocenters. The molecule has 90 valence electrons. The number of anilines is 1. The number of hydrogen-bond acceptors (Lipinski definition) is 3. The second kappa shape index (κ2) is 4.73. The minimum absolute atomic E-state index is 0.805. The van der Waals surface area contributed by atoms with Crippen LogP contribution < -0.4 is 5.32 Å². The number of pyridine rings is 1. The minimum atomic E-state index is 0.805. The van der Waals surface area contributed by atoms with Gasteiger partial charge >= 0.3 is 0 Å². The largest absolute Gasteiger partial charge is 0.354 e. The standard InChI is InChI=1S/C13H18N4/c1-2-6-11(7-3-1)10-14-13-16-15-12-8-4-5-9-17(12)13/h4-5,8-9,11H,1-3,6-7,10H2,(H,14,16). The van der Waals surface area contributed by atoms with Gasteiger partial charge in [0.15, 0.2) is 5.65 Å². The fraction of sp³-hybridized carbons (Fsp3) is 0.538. The Kier molecular flexibility index (Phi) is 2.94. The van der Waals surface area contributed by atoms with Gasteiger partial charge in [-0.15, -0.1) is 10.2 Å². The normalized spacial score (nSPS) is 17.4. The summed E-state index contributed by atoms with van der Waals surface area (Å²) in [5.74, 6) is 1.67. The van der Waals surface area contributed by atoms with Crippen LogP contribution in [0.2, 0.25) is 0 Å². The molecule has 0 bridgehead atoms. The summed E-state index contributed by atoms with van der Waals surface area (Å²) in [7, 11) is 0. The van der Waals surface area contributed by atoms with Crippen molar-refractivity contribution in [2.75, 3.05) is 11.9 Å². The highest BCUT2D eigenvalue weighted by Gasteiger charge is 2.14. The molecule has 2 aromatic rings. The number of aromatic nitrogens is 3. The molecule has 0 unspecified atom stereocenters. The SMILES string of the molecule is c1ccn2c(NCC3CCCCC3)nnc2c1. The summed E-state index contributed by atoms with van der Waals surface area (Å²) in [6.07, 6.45) is 8.87. The van der Waals surface area contributed by atoms with Crippen molar-refractivity contribution >= 4 is 11.6 Å². The first-order chi connectivity index (χ1) is 8.43. The molecule has 4 heteroatoms. The van der Waals surface area contributed by atoms with Gasteiger partial charge in [-0.05, 0) is 30.9 Å². The fourth-order valence-corrected chi connectivity index (χ4v) is 2.59. The third kappa shape index (κ3) is 2.25. The molecular formula is C13H18N4. The predicted octanol–water partition coefficient (Wildman–Crippen LogP) is 2.72. The third-order valence-electron chi connectivity index (χ3n) is 3.59. The van der Waals surface area contributed by atoms with Crippen molar-refractivity contribution < 1.29 is 0 Å². The van der Waals surface area contributed by atoms with E-state index < -0.39 is 0 Å². The first kappa shape index (κ1) is 10.6. The molecule has 1 fully saturated rings. The van der Waals surface area contributed by atoms with Gasteiger partial charge < -0.3 is 5.32 Å². The Bertz CT molecular complexity index is 485. The van der Waals surface area contributed by atoms with Crippen LogP contribution in [0.5, 0.6) is 0 Å². The summed E-state index contributed by atoms with van der Waals surface area (Å²) >= 11 is 0. The molecule has 1 N–H and O–H groups in total. The molecule has 2 aromatic heterocycles. The molecule has 2 heterocycles. The van der Waals surface area contributed by atoms with E-state index in [1.54, 1.807) is 0 Å². The average Bonchev–Trinajstić information content (AvgIpc) is 2.81. The van der Waals surface area contributed by atoms with Gasteiger partial charge in [-0.25, -0.2) is 0 Å². The Balaban J connectivity index is 1.68. The summed E-state index contributed by atoms with van der Waals surface area (Å²) in [6.45, 7) is 1.02. The van der Waals surface area contributed by atoms with Crippen LogP contribution in [0.3, 0.4) is 0 Å². The van der Waals surface area contributed by atoms with Gasteiger partial charge in [-0.3, -0.25) is 4.40 Å². The van der Waals surface area contributed by atoms with Gasteiger partial charge in [-0.2, -0.15) is 0 Å². The molecule has 17 heavy (non-hydrogen) atoms. The summed E-state index contributed by atoms with van der Waals surface area (Å²) in [5, 5.41) is 11.7. The van der Waals surface area contributed by atoms with Crippen molar-refractivity contribution in [3.63, 3.8) is 0 Å². The van der Waals surface area contributed by atoms with E-state index in [1.807, 2.05) is 28.8 Å². The second-order valence-corrected chi connectivity index (χ2v) is 4.84. The van der Waals surface area contributed by atoms with E-state index >= 15 is 0 Å². The monoisotopic (exact) mass is 230 g/mol. The zero-order valence-corrected chi connectivity index (χ0v) is 9.97. The number of nitrogens with zero attached hydrogens (tertiary/aromatic N) is 3. The van der Waals surface area contributed by atoms with Crippen LogP contribution in [0.1, 0.15) is 32.1 Å². The fourth-order valence-electron chi connectivity index (χ4n) is 2.59. The zero-order chi connectivity index (χ0) is 11.5. The van der Waals surface area contributed by atoms with Gasteiger partial charge in [0.1, 0.15) is 0 Å². The lowest BCUT2D eigenvalue weighted by Crippen LogP contribution is -2.18. The average molecular weight is 230 g/mol. The molecule has 0 aromatic carbocycles. The lowest BCUT2D eigenvalue weighted by atomic mass is 9.89. The number of nitrogens with one attached hydrogen (secondary N) is 1. The summed E-state index contributed by atoms with van der Waals surface area (Å²) in [6, 6.07) is 5.95. The highest BCUT2D eigenvalue weighted by Crippen LogP contribution is 2.23. The number of fused-ring (bicyclic) bond motifs is 1. The molecule has 0 radical (unpaired) electrons. The minimum Gasteiger partial charge on any atom is -0.354 e. The quantitative estimate of drug-likeness (QED) is 0.881. The Morgan fingerprint density at radius 3 is 2.94 bits per heavy atom. The van der Waals surface area contributed by atoms with E-state index in [9.17, 15) is 0 Å². The molecule has 1 aliphatic carbocycles. The first-order valence-electron chi connectivity index (χ1n) is 6.47. The lowest BCUT2D eigenvalue weighted by Gasteiger charge is -2.21. The van der Waals surface area contributed by atoms with Crippen LogP contribution in [0.15, 0.2) is 24.4 Å². The van der Waals surface area contributed by atoms with Crippen LogP contribution >= 0.6 is 0 Å². The zero-order valence-electron chi connectivity index (χ0n) is 9.97. The van der Waals surface area contributed by atoms with Crippen molar-refractivity contribution in [3.05, 3.63) is 24.4 Å². The Morgan fingerprint density at radius 1 is 1.18 bits per heavy atom. The van der Waals surface area contributed by atoms with Gasteiger partial charge in [0.05, 0.1) is 0 Å². The van der Waals surface area contributed by atoms with Gasteiger partial charge in [0.2, 0.25) is 5.95 Å². The molecule has 3 rings (SSSR count). The molecular weight excluding hydrogens is 212 g/mol. The third-order valence-corrected chi connectivity index (χ3v) is 3.59. The molecule has 1 aliphatic rings. The van der Waals surface area contributed by atoms with Crippen molar-refractivity contribution in [1.82, 2.24) is 14.6 Å². The van der Waals surface area contributed by atoms with Crippen LogP contribution in [0.25, 0.3) is 5.65 Å². The number of rotatable bonds is 3. The summed E-state index contributed by atoms with van der Waals surface area (Å²) in [4.78, 5) is 0. The van der Waals surface area contributed by atoms with E-state index in [-0.39, 0.29) is 0 Å². The van der Waals surface area contributed by atoms with Gasteiger partial charge in [0.25, 0.3) is 0 Å². The van der Waals surface area contributed by atoms with Crippen LogP contribution in [-0.4, -0.2) is 21.1 Å².